The van der Waals surface area contributed by atoms with Crippen LogP contribution in [0.15, 0.2) is 36.7 Å². The van der Waals surface area contributed by atoms with Crippen molar-refractivity contribution >= 4 is 28.2 Å². The number of aromatic nitrogens is 4. The second-order valence-corrected chi connectivity index (χ2v) is 6.05. The van der Waals surface area contributed by atoms with E-state index in [-0.39, 0.29) is 12.0 Å². The summed E-state index contributed by atoms with van der Waals surface area (Å²) in [5, 5.41) is 12.5. The van der Waals surface area contributed by atoms with Gasteiger partial charge in [0.2, 0.25) is 0 Å². The third-order valence-electron chi connectivity index (χ3n) is 4.42. The van der Waals surface area contributed by atoms with Gasteiger partial charge in [0.15, 0.2) is 0 Å². The van der Waals surface area contributed by atoms with Crippen LogP contribution in [-0.4, -0.2) is 46.7 Å². The Morgan fingerprint density at radius 3 is 3.00 bits per heavy atom. The first-order valence-electron chi connectivity index (χ1n) is 7.44. The molecule has 3 heterocycles. The number of pyridine rings is 1. The Hall–Kier alpha value is -2.18. The minimum absolute atomic E-state index is 0.0718. The summed E-state index contributed by atoms with van der Waals surface area (Å²) in [4.78, 5) is 6.70. The summed E-state index contributed by atoms with van der Waals surface area (Å²) in [6.45, 7) is 1.61. The topological polar surface area (TPSA) is 66.9 Å². The second-order valence-electron chi connectivity index (χ2n) is 5.65. The van der Waals surface area contributed by atoms with Gasteiger partial charge in [-0.25, -0.2) is 0 Å². The molecule has 0 spiro atoms. The number of halogens is 1. The first-order chi connectivity index (χ1) is 11.3. The normalized spacial score (nSPS) is 21.2. The number of rotatable bonds is 3. The van der Waals surface area contributed by atoms with Crippen molar-refractivity contribution in [2.24, 2.45) is 0 Å². The molecule has 1 N–H and O–H groups in total. The molecule has 1 saturated heterocycles. The first-order valence-corrected chi connectivity index (χ1v) is 7.82. The van der Waals surface area contributed by atoms with Gasteiger partial charge in [-0.05, 0) is 12.1 Å². The van der Waals surface area contributed by atoms with Crippen LogP contribution < -0.4 is 4.90 Å². The van der Waals surface area contributed by atoms with Gasteiger partial charge in [-0.15, -0.1) is 0 Å². The SMILES string of the molecule is CO[C@@H]1CN(c2ccnc3c(Cl)cccc23)C[C@H]1c1cn[nH]n1. The first kappa shape index (κ1) is 14.4. The predicted molar refractivity (Wildman–Crippen MR) is 88.9 cm³/mol. The molecule has 2 atom stereocenters. The van der Waals surface area contributed by atoms with Crippen LogP contribution >= 0.6 is 11.6 Å². The molecule has 0 radical (unpaired) electrons. The third kappa shape index (κ3) is 2.44. The maximum atomic E-state index is 6.27. The van der Waals surface area contributed by atoms with E-state index in [2.05, 4.69) is 31.4 Å². The molecular formula is C16H16ClN5O. The van der Waals surface area contributed by atoms with Crippen molar-refractivity contribution in [2.45, 2.75) is 12.0 Å². The molecule has 1 aromatic carbocycles. The Kier molecular flexibility index (Phi) is 3.63. The minimum Gasteiger partial charge on any atom is -0.379 e. The van der Waals surface area contributed by atoms with E-state index in [1.54, 1.807) is 19.5 Å². The van der Waals surface area contributed by atoms with Gasteiger partial charge >= 0.3 is 0 Å². The van der Waals surface area contributed by atoms with E-state index in [0.29, 0.717) is 5.02 Å². The van der Waals surface area contributed by atoms with Crippen LogP contribution in [0.3, 0.4) is 0 Å². The van der Waals surface area contributed by atoms with Crippen LogP contribution in [0.2, 0.25) is 5.02 Å². The minimum atomic E-state index is 0.0718. The molecule has 0 aliphatic carbocycles. The average molecular weight is 330 g/mol. The zero-order valence-corrected chi connectivity index (χ0v) is 13.4. The molecule has 0 bridgehead atoms. The summed E-state index contributed by atoms with van der Waals surface area (Å²) in [5.41, 5.74) is 2.87. The molecule has 4 rings (SSSR count). The summed E-state index contributed by atoms with van der Waals surface area (Å²) in [6.07, 6.45) is 3.64. The highest BCUT2D eigenvalue weighted by atomic mass is 35.5. The number of anilines is 1. The Bertz CT molecular complexity index is 822. The number of nitrogens with one attached hydrogen (secondary N) is 1. The van der Waals surface area contributed by atoms with E-state index >= 15 is 0 Å². The number of ether oxygens (including phenoxy) is 1. The van der Waals surface area contributed by atoms with E-state index in [9.17, 15) is 0 Å². The van der Waals surface area contributed by atoms with Gasteiger partial charge in [0.05, 0.1) is 34.5 Å². The molecule has 23 heavy (non-hydrogen) atoms. The van der Waals surface area contributed by atoms with Gasteiger partial charge in [-0.2, -0.15) is 15.4 Å². The highest BCUT2D eigenvalue weighted by Crippen LogP contribution is 2.35. The number of benzene rings is 1. The van der Waals surface area contributed by atoms with E-state index in [1.807, 2.05) is 18.2 Å². The summed E-state index contributed by atoms with van der Waals surface area (Å²) in [5.74, 6) is 0.182. The van der Waals surface area contributed by atoms with Crippen molar-refractivity contribution in [1.29, 1.82) is 0 Å². The largest absolute Gasteiger partial charge is 0.379 e. The summed E-state index contributed by atoms with van der Waals surface area (Å²) < 4.78 is 5.67. The zero-order chi connectivity index (χ0) is 15.8. The van der Waals surface area contributed by atoms with E-state index < -0.39 is 0 Å². The van der Waals surface area contributed by atoms with Gasteiger partial charge in [0.1, 0.15) is 0 Å². The van der Waals surface area contributed by atoms with Crippen molar-refractivity contribution in [3.63, 3.8) is 0 Å². The van der Waals surface area contributed by atoms with Crippen LogP contribution in [0.5, 0.6) is 0 Å². The lowest BCUT2D eigenvalue weighted by atomic mass is 10.0. The molecule has 1 fully saturated rings. The van der Waals surface area contributed by atoms with Crippen molar-refractivity contribution in [3.8, 4) is 0 Å². The molecular weight excluding hydrogens is 314 g/mol. The monoisotopic (exact) mass is 329 g/mol. The summed E-state index contributed by atoms with van der Waals surface area (Å²) >= 11 is 6.27. The fraction of sp³-hybridized carbons (Fsp3) is 0.312. The Morgan fingerprint density at radius 1 is 1.30 bits per heavy atom. The van der Waals surface area contributed by atoms with Crippen LogP contribution in [-0.2, 0) is 4.74 Å². The molecule has 3 aromatic rings. The van der Waals surface area contributed by atoms with Gasteiger partial charge in [0.25, 0.3) is 0 Å². The number of hydrogen-bond donors (Lipinski definition) is 1. The van der Waals surface area contributed by atoms with Crippen molar-refractivity contribution in [2.75, 3.05) is 25.1 Å². The summed E-state index contributed by atoms with van der Waals surface area (Å²) in [7, 11) is 1.74. The van der Waals surface area contributed by atoms with Gasteiger partial charge in [-0.3, -0.25) is 4.98 Å². The van der Waals surface area contributed by atoms with Gasteiger partial charge in [-0.1, -0.05) is 23.7 Å². The number of fused-ring (bicyclic) bond motifs is 1. The van der Waals surface area contributed by atoms with Gasteiger partial charge in [0, 0.05) is 37.5 Å². The number of hydrogen-bond acceptors (Lipinski definition) is 5. The van der Waals surface area contributed by atoms with Crippen molar-refractivity contribution in [3.05, 3.63) is 47.4 Å². The number of para-hydroxylation sites is 1. The molecule has 0 saturated carbocycles. The zero-order valence-electron chi connectivity index (χ0n) is 12.6. The molecule has 0 unspecified atom stereocenters. The van der Waals surface area contributed by atoms with Crippen molar-refractivity contribution in [1.82, 2.24) is 20.4 Å². The highest BCUT2D eigenvalue weighted by molar-refractivity contribution is 6.35. The average Bonchev–Trinajstić information content (AvgIpc) is 3.24. The maximum absolute atomic E-state index is 6.27. The molecule has 1 aliphatic heterocycles. The lowest BCUT2D eigenvalue weighted by Gasteiger charge is -2.20. The van der Waals surface area contributed by atoms with Crippen LogP contribution in [0.25, 0.3) is 10.9 Å². The molecule has 118 valence electrons. The quantitative estimate of drug-likeness (QED) is 0.800. The Labute approximate surface area is 138 Å². The fourth-order valence-electron chi connectivity index (χ4n) is 3.28. The number of H-pyrrole nitrogens is 1. The number of aromatic amines is 1. The lowest BCUT2D eigenvalue weighted by molar-refractivity contribution is 0.106. The van der Waals surface area contributed by atoms with Crippen LogP contribution in [0.1, 0.15) is 11.6 Å². The van der Waals surface area contributed by atoms with Crippen molar-refractivity contribution < 1.29 is 4.74 Å². The molecule has 6 nitrogen and oxygen atoms in total. The van der Waals surface area contributed by atoms with Crippen LogP contribution in [0, 0.1) is 0 Å². The molecule has 2 aromatic heterocycles. The Morgan fingerprint density at radius 2 is 2.22 bits per heavy atom. The fourth-order valence-corrected chi connectivity index (χ4v) is 3.51. The smallest absolute Gasteiger partial charge is 0.0908 e. The molecule has 0 amide bonds. The Balaban J connectivity index is 1.73. The number of nitrogens with zero attached hydrogens (tertiary/aromatic N) is 4. The second kappa shape index (κ2) is 5.79. The molecule has 1 aliphatic rings. The summed E-state index contributed by atoms with van der Waals surface area (Å²) in [6, 6.07) is 7.89. The van der Waals surface area contributed by atoms with Gasteiger partial charge < -0.3 is 9.64 Å². The lowest BCUT2D eigenvalue weighted by Crippen LogP contribution is -2.22. The maximum Gasteiger partial charge on any atom is 0.0908 e. The van der Waals surface area contributed by atoms with E-state index in [0.717, 1.165) is 35.4 Å². The van der Waals surface area contributed by atoms with E-state index in [1.165, 1.54) is 0 Å². The standard InChI is InChI=1S/C16H16ClN5O/c1-23-15-9-22(8-11(15)13-7-19-21-20-13)14-5-6-18-16-10(14)3-2-4-12(16)17/h2-7,11,15H,8-9H2,1H3,(H,19,20,21)/t11-,15+/m0/s1. The predicted octanol–water partition coefficient (Wildman–Crippen LogP) is 2.63. The highest BCUT2D eigenvalue weighted by Gasteiger charge is 2.36. The van der Waals surface area contributed by atoms with Crippen LogP contribution in [0.4, 0.5) is 5.69 Å². The van der Waals surface area contributed by atoms with E-state index in [4.69, 9.17) is 16.3 Å². The third-order valence-corrected chi connectivity index (χ3v) is 4.73. The molecule has 7 heteroatoms. The number of methoxy groups -OCH3 is 1.